The van der Waals surface area contributed by atoms with Crippen molar-refractivity contribution in [3.8, 4) is 0 Å². The van der Waals surface area contributed by atoms with Gasteiger partial charge in [0.2, 0.25) is 0 Å². The molecule has 0 fully saturated rings. The molecule has 0 radical (unpaired) electrons. The van der Waals surface area contributed by atoms with E-state index in [0.29, 0.717) is 33.8 Å². The second-order valence-corrected chi connectivity index (χ2v) is 5.74. The lowest BCUT2D eigenvalue weighted by Crippen LogP contribution is -2.19. The minimum absolute atomic E-state index is 0.0851. The monoisotopic (exact) mass is 327 g/mol. The number of hydrogen-bond acceptors (Lipinski definition) is 3. The van der Waals surface area contributed by atoms with Gasteiger partial charge < -0.3 is 15.6 Å². The number of aryl methyl sites for hydroxylation is 2. The van der Waals surface area contributed by atoms with Gasteiger partial charge in [0.15, 0.2) is 5.78 Å². The number of anilines is 1. The molecule has 1 aromatic heterocycles. The summed E-state index contributed by atoms with van der Waals surface area (Å²) in [6.45, 7) is 6.82. The Morgan fingerprint density at radius 3 is 2.25 bits per heavy atom. The number of benzene rings is 1. The summed E-state index contributed by atoms with van der Waals surface area (Å²) >= 11 is 0. The molecular formula is C18H21N3O3. The lowest BCUT2D eigenvalue weighted by Gasteiger charge is -2.10. The number of aromatic amines is 1. The molecule has 1 heterocycles. The summed E-state index contributed by atoms with van der Waals surface area (Å²) in [5.41, 5.74) is 4.03. The Morgan fingerprint density at radius 1 is 1.04 bits per heavy atom. The van der Waals surface area contributed by atoms with E-state index in [1.807, 2.05) is 6.92 Å². The topological polar surface area (TPSA) is 91.1 Å². The minimum Gasteiger partial charge on any atom is -0.355 e. The molecule has 0 saturated carbocycles. The normalized spacial score (nSPS) is 10.4. The molecule has 3 N–H and O–H groups in total. The van der Waals surface area contributed by atoms with Gasteiger partial charge in [-0.2, -0.15) is 0 Å². The van der Waals surface area contributed by atoms with Crippen LogP contribution in [0.2, 0.25) is 0 Å². The molecule has 0 bridgehead atoms. The van der Waals surface area contributed by atoms with Gasteiger partial charge in [0.25, 0.3) is 11.8 Å². The van der Waals surface area contributed by atoms with Crippen LogP contribution in [0.15, 0.2) is 18.2 Å². The molecule has 2 rings (SSSR count). The molecule has 2 amide bonds. The lowest BCUT2D eigenvalue weighted by atomic mass is 10.1. The molecule has 2 aromatic rings. The molecule has 0 aliphatic heterocycles. The number of ketones is 1. The second-order valence-electron chi connectivity index (χ2n) is 5.74. The summed E-state index contributed by atoms with van der Waals surface area (Å²) < 4.78 is 0. The van der Waals surface area contributed by atoms with E-state index in [1.165, 1.54) is 6.92 Å². The van der Waals surface area contributed by atoms with Crippen molar-refractivity contribution in [1.29, 1.82) is 0 Å². The molecule has 6 nitrogen and oxygen atoms in total. The first-order valence-corrected chi connectivity index (χ1v) is 7.60. The van der Waals surface area contributed by atoms with Crippen molar-refractivity contribution < 1.29 is 14.4 Å². The highest BCUT2D eigenvalue weighted by Crippen LogP contribution is 2.22. The highest BCUT2D eigenvalue weighted by Gasteiger charge is 2.20. The van der Waals surface area contributed by atoms with Crippen molar-refractivity contribution in [2.45, 2.75) is 27.7 Å². The number of rotatable bonds is 4. The van der Waals surface area contributed by atoms with Crippen molar-refractivity contribution in [3.05, 3.63) is 51.8 Å². The molecule has 0 unspecified atom stereocenters. The molecule has 24 heavy (non-hydrogen) atoms. The van der Waals surface area contributed by atoms with E-state index >= 15 is 0 Å². The number of amides is 2. The Labute approximate surface area is 140 Å². The summed E-state index contributed by atoms with van der Waals surface area (Å²) in [6.07, 6.45) is 0. The van der Waals surface area contributed by atoms with Gasteiger partial charge in [-0.15, -0.1) is 0 Å². The predicted molar refractivity (Wildman–Crippen MR) is 92.8 cm³/mol. The number of carbonyl (C=O) groups is 3. The van der Waals surface area contributed by atoms with Crippen molar-refractivity contribution >= 4 is 23.3 Å². The number of nitrogens with one attached hydrogen (secondary N) is 3. The first-order chi connectivity index (χ1) is 11.3. The fourth-order valence-corrected chi connectivity index (χ4v) is 2.73. The Kier molecular flexibility index (Phi) is 4.87. The molecule has 0 spiro atoms. The Balaban J connectivity index is 2.35. The van der Waals surface area contributed by atoms with E-state index in [4.69, 9.17) is 0 Å². The molecule has 126 valence electrons. The van der Waals surface area contributed by atoms with Crippen molar-refractivity contribution in [1.82, 2.24) is 10.3 Å². The molecule has 0 atom stereocenters. The Bertz CT molecular complexity index is 834. The standard InChI is InChI=1S/C18H21N3O3/c1-9-6-7-13(17(23)19-5)8-14(9)21-18(24)16-10(2)15(12(4)22)11(3)20-16/h6-8,20H,1-5H3,(H,19,23)(H,21,24). The largest absolute Gasteiger partial charge is 0.355 e. The van der Waals surface area contributed by atoms with Crippen LogP contribution in [0.5, 0.6) is 0 Å². The fourth-order valence-electron chi connectivity index (χ4n) is 2.73. The zero-order valence-electron chi connectivity index (χ0n) is 14.5. The Morgan fingerprint density at radius 2 is 1.71 bits per heavy atom. The van der Waals surface area contributed by atoms with Gasteiger partial charge in [-0.25, -0.2) is 0 Å². The van der Waals surface area contributed by atoms with Crippen molar-refractivity contribution in [2.75, 3.05) is 12.4 Å². The maximum atomic E-state index is 12.6. The van der Waals surface area contributed by atoms with E-state index in [9.17, 15) is 14.4 Å². The maximum Gasteiger partial charge on any atom is 0.272 e. The van der Waals surface area contributed by atoms with Crippen LogP contribution in [0.4, 0.5) is 5.69 Å². The van der Waals surface area contributed by atoms with Gasteiger partial charge in [0, 0.05) is 29.6 Å². The molecular weight excluding hydrogens is 306 g/mol. The molecule has 6 heteroatoms. The van der Waals surface area contributed by atoms with Crippen LogP contribution in [0.25, 0.3) is 0 Å². The first kappa shape index (κ1) is 17.5. The van der Waals surface area contributed by atoms with Crippen molar-refractivity contribution in [3.63, 3.8) is 0 Å². The van der Waals surface area contributed by atoms with E-state index < -0.39 is 0 Å². The van der Waals surface area contributed by atoms with Gasteiger partial charge in [-0.3, -0.25) is 14.4 Å². The van der Waals surface area contributed by atoms with Crippen LogP contribution in [-0.2, 0) is 0 Å². The highest BCUT2D eigenvalue weighted by molar-refractivity contribution is 6.08. The average Bonchev–Trinajstić information content (AvgIpc) is 2.83. The van der Waals surface area contributed by atoms with Crippen LogP contribution >= 0.6 is 0 Å². The third-order valence-corrected chi connectivity index (χ3v) is 3.99. The van der Waals surface area contributed by atoms with Crippen LogP contribution in [-0.4, -0.2) is 29.6 Å². The average molecular weight is 327 g/mol. The van der Waals surface area contributed by atoms with Crippen molar-refractivity contribution in [2.24, 2.45) is 0 Å². The van der Waals surface area contributed by atoms with E-state index in [2.05, 4.69) is 15.6 Å². The van der Waals surface area contributed by atoms with E-state index in [0.717, 1.165) is 5.56 Å². The molecule has 0 saturated heterocycles. The SMILES string of the molecule is CNC(=O)c1ccc(C)c(NC(=O)c2[nH]c(C)c(C(C)=O)c2C)c1. The first-order valence-electron chi connectivity index (χ1n) is 7.60. The highest BCUT2D eigenvalue weighted by atomic mass is 16.2. The molecule has 1 aromatic carbocycles. The Hall–Kier alpha value is -2.89. The summed E-state index contributed by atoms with van der Waals surface area (Å²) in [4.78, 5) is 39.0. The fraction of sp³-hybridized carbons (Fsp3) is 0.278. The number of hydrogen-bond donors (Lipinski definition) is 3. The summed E-state index contributed by atoms with van der Waals surface area (Å²) in [7, 11) is 1.55. The number of aromatic nitrogens is 1. The van der Waals surface area contributed by atoms with Gasteiger partial charge >= 0.3 is 0 Å². The predicted octanol–water partition coefficient (Wildman–Crippen LogP) is 2.75. The van der Waals surface area contributed by atoms with E-state index in [-0.39, 0.29) is 17.6 Å². The maximum absolute atomic E-state index is 12.6. The number of carbonyl (C=O) groups excluding carboxylic acids is 3. The van der Waals surface area contributed by atoms with Crippen LogP contribution < -0.4 is 10.6 Å². The minimum atomic E-state index is -0.347. The smallest absolute Gasteiger partial charge is 0.272 e. The quantitative estimate of drug-likeness (QED) is 0.754. The van der Waals surface area contributed by atoms with Gasteiger partial charge in [-0.05, 0) is 51.0 Å². The van der Waals surface area contributed by atoms with Gasteiger partial charge in [0.1, 0.15) is 5.69 Å². The number of Topliss-reactive ketones (excluding diaryl/α,β-unsaturated/α-hetero) is 1. The third-order valence-electron chi connectivity index (χ3n) is 3.99. The van der Waals surface area contributed by atoms with Gasteiger partial charge in [-0.1, -0.05) is 6.07 Å². The zero-order chi connectivity index (χ0) is 18.0. The van der Waals surface area contributed by atoms with E-state index in [1.54, 1.807) is 39.1 Å². The zero-order valence-corrected chi connectivity index (χ0v) is 14.5. The molecule has 0 aliphatic rings. The van der Waals surface area contributed by atoms with Gasteiger partial charge in [0.05, 0.1) is 0 Å². The lowest BCUT2D eigenvalue weighted by molar-refractivity contribution is 0.0960. The molecule has 0 aliphatic carbocycles. The van der Waals surface area contributed by atoms with Crippen LogP contribution in [0.3, 0.4) is 0 Å². The summed E-state index contributed by atoms with van der Waals surface area (Å²) in [6, 6.07) is 5.10. The summed E-state index contributed by atoms with van der Waals surface area (Å²) in [5.74, 6) is -0.658. The van der Waals surface area contributed by atoms with Crippen LogP contribution in [0, 0.1) is 20.8 Å². The third kappa shape index (κ3) is 3.22. The van der Waals surface area contributed by atoms with Crippen LogP contribution in [0.1, 0.15) is 54.9 Å². The second kappa shape index (κ2) is 6.70. The number of H-pyrrole nitrogens is 1. The summed E-state index contributed by atoms with van der Waals surface area (Å²) in [5, 5.41) is 5.35.